The van der Waals surface area contributed by atoms with Gasteiger partial charge in [0, 0.05) is 37.4 Å². The molecule has 0 saturated carbocycles. The zero-order chi connectivity index (χ0) is 12.3. The molecule has 1 fully saturated rings. The van der Waals surface area contributed by atoms with Crippen LogP contribution in [0.1, 0.15) is 10.4 Å². The Morgan fingerprint density at radius 2 is 1.76 bits per heavy atom. The number of nitrogens with two attached hydrogens (primary N) is 1. The number of amides is 1. The van der Waals surface area contributed by atoms with E-state index in [1.54, 1.807) is 12.1 Å². The van der Waals surface area contributed by atoms with Crippen LogP contribution in [0.25, 0.3) is 0 Å². The molecule has 1 aromatic rings. The van der Waals surface area contributed by atoms with Gasteiger partial charge in [0.15, 0.2) is 0 Å². The van der Waals surface area contributed by atoms with E-state index in [1.165, 1.54) is 0 Å². The van der Waals surface area contributed by atoms with Crippen molar-refractivity contribution in [2.24, 2.45) is 5.84 Å². The number of carbonyl (C=O) groups excluding carboxylic acids is 1. The number of piperazine rings is 1. The molecule has 0 aromatic heterocycles. The predicted molar refractivity (Wildman–Crippen MR) is 67.8 cm³/mol. The van der Waals surface area contributed by atoms with E-state index < -0.39 is 0 Å². The first-order valence-corrected chi connectivity index (χ1v) is 5.75. The number of hydrogen-bond acceptors (Lipinski definition) is 4. The minimum atomic E-state index is -0.255. The van der Waals surface area contributed by atoms with Crippen molar-refractivity contribution in [1.82, 2.24) is 10.3 Å². The molecule has 1 saturated heterocycles. The van der Waals surface area contributed by atoms with E-state index in [2.05, 4.69) is 22.3 Å². The molecule has 0 atom stereocenters. The average Bonchev–Trinajstić information content (AvgIpc) is 2.39. The lowest BCUT2D eigenvalue weighted by Crippen LogP contribution is -2.44. The van der Waals surface area contributed by atoms with Crippen LogP contribution < -0.4 is 16.2 Å². The molecule has 3 N–H and O–H groups in total. The van der Waals surface area contributed by atoms with Gasteiger partial charge in [-0.15, -0.1) is 0 Å². The predicted octanol–water partition coefficient (Wildman–Crippen LogP) is 0.0419. The Morgan fingerprint density at radius 3 is 2.29 bits per heavy atom. The van der Waals surface area contributed by atoms with E-state index in [4.69, 9.17) is 5.84 Å². The van der Waals surface area contributed by atoms with E-state index in [-0.39, 0.29) is 5.91 Å². The monoisotopic (exact) mass is 234 g/mol. The third kappa shape index (κ3) is 2.75. The zero-order valence-corrected chi connectivity index (χ0v) is 10.0. The van der Waals surface area contributed by atoms with Crippen molar-refractivity contribution >= 4 is 11.6 Å². The maximum absolute atomic E-state index is 11.3. The third-order valence-electron chi connectivity index (χ3n) is 3.13. The highest BCUT2D eigenvalue weighted by atomic mass is 16.2. The maximum atomic E-state index is 11.3. The minimum absolute atomic E-state index is 0.255. The van der Waals surface area contributed by atoms with Crippen molar-refractivity contribution in [2.45, 2.75) is 0 Å². The number of benzene rings is 1. The Bertz CT molecular complexity index is 382. The van der Waals surface area contributed by atoms with Crippen molar-refractivity contribution in [1.29, 1.82) is 0 Å². The van der Waals surface area contributed by atoms with Crippen LogP contribution in [0.3, 0.4) is 0 Å². The molecule has 5 heteroatoms. The summed E-state index contributed by atoms with van der Waals surface area (Å²) in [5, 5.41) is 0. The first kappa shape index (κ1) is 11.9. The highest BCUT2D eigenvalue weighted by Crippen LogP contribution is 2.16. The summed E-state index contributed by atoms with van der Waals surface area (Å²) in [7, 11) is 2.13. The minimum Gasteiger partial charge on any atom is -0.369 e. The topological polar surface area (TPSA) is 61.6 Å². The van der Waals surface area contributed by atoms with Crippen LogP contribution in [-0.2, 0) is 0 Å². The SMILES string of the molecule is CN1CCN(c2ccc(C(=O)NN)cc2)CC1. The fourth-order valence-electron chi connectivity index (χ4n) is 1.97. The molecule has 2 rings (SSSR count). The molecule has 92 valence electrons. The first-order valence-electron chi connectivity index (χ1n) is 5.75. The standard InChI is InChI=1S/C12H18N4O/c1-15-6-8-16(9-7-15)11-4-2-10(3-5-11)12(17)14-13/h2-5H,6-9,13H2,1H3,(H,14,17). The lowest BCUT2D eigenvalue weighted by atomic mass is 10.1. The summed E-state index contributed by atoms with van der Waals surface area (Å²) in [6, 6.07) is 7.54. The van der Waals surface area contributed by atoms with E-state index in [1.807, 2.05) is 12.1 Å². The number of hydrogen-bond donors (Lipinski definition) is 2. The van der Waals surface area contributed by atoms with Crippen molar-refractivity contribution in [2.75, 3.05) is 38.1 Å². The summed E-state index contributed by atoms with van der Waals surface area (Å²) in [6.45, 7) is 4.20. The van der Waals surface area contributed by atoms with Gasteiger partial charge in [-0.2, -0.15) is 0 Å². The second kappa shape index (κ2) is 5.16. The molecule has 1 aliphatic heterocycles. The van der Waals surface area contributed by atoms with Gasteiger partial charge in [-0.1, -0.05) is 0 Å². The van der Waals surface area contributed by atoms with Crippen LogP contribution in [0.15, 0.2) is 24.3 Å². The fraction of sp³-hybridized carbons (Fsp3) is 0.417. The molecular formula is C12H18N4O. The van der Waals surface area contributed by atoms with Crippen LogP contribution in [0.4, 0.5) is 5.69 Å². The number of hydrazine groups is 1. The van der Waals surface area contributed by atoms with Gasteiger partial charge in [-0.05, 0) is 31.3 Å². The summed E-state index contributed by atoms with van der Waals surface area (Å²) < 4.78 is 0. The number of rotatable bonds is 2. The van der Waals surface area contributed by atoms with E-state index in [0.29, 0.717) is 5.56 Å². The number of nitrogen functional groups attached to an aromatic ring is 1. The van der Waals surface area contributed by atoms with Crippen LogP contribution >= 0.6 is 0 Å². The van der Waals surface area contributed by atoms with Crippen LogP contribution in [0.5, 0.6) is 0 Å². The van der Waals surface area contributed by atoms with Crippen LogP contribution in [0.2, 0.25) is 0 Å². The largest absolute Gasteiger partial charge is 0.369 e. The van der Waals surface area contributed by atoms with Gasteiger partial charge in [0.25, 0.3) is 5.91 Å². The third-order valence-corrected chi connectivity index (χ3v) is 3.13. The van der Waals surface area contributed by atoms with Crippen LogP contribution in [-0.4, -0.2) is 44.0 Å². The Morgan fingerprint density at radius 1 is 1.18 bits per heavy atom. The Balaban J connectivity index is 2.05. The van der Waals surface area contributed by atoms with Gasteiger partial charge in [0.05, 0.1) is 0 Å². The number of nitrogens with zero attached hydrogens (tertiary/aromatic N) is 2. The molecule has 0 bridgehead atoms. The Hall–Kier alpha value is -1.59. The van der Waals surface area contributed by atoms with E-state index >= 15 is 0 Å². The molecule has 0 aliphatic carbocycles. The quantitative estimate of drug-likeness (QED) is 0.431. The number of likely N-dealkylation sites (N-methyl/N-ethyl adjacent to an activating group) is 1. The molecule has 1 aliphatic rings. The normalized spacial score (nSPS) is 16.9. The highest BCUT2D eigenvalue weighted by Gasteiger charge is 2.14. The molecular weight excluding hydrogens is 216 g/mol. The van der Waals surface area contributed by atoms with Gasteiger partial charge in [0.1, 0.15) is 0 Å². The molecule has 0 spiro atoms. The average molecular weight is 234 g/mol. The van der Waals surface area contributed by atoms with Crippen molar-refractivity contribution in [3.05, 3.63) is 29.8 Å². The molecule has 1 aromatic carbocycles. The summed E-state index contributed by atoms with van der Waals surface area (Å²) >= 11 is 0. The van der Waals surface area contributed by atoms with Crippen molar-refractivity contribution in [3.63, 3.8) is 0 Å². The lowest BCUT2D eigenvalue weighted by Gasteiger charge is -2.34. The number of carbonyl (C=O) groups is 1. The lowest BCUT2D eigenvalue weighted by molar-refractivity contribution is 0.0953. The smallest absolute Gasteiger partial charge is 0.265 e. The van der Waals surface area contributed by atoms with Crippen molar-refractivity contribution in [3.8, 4) is 0 Å². The van der Waals surface area contributed by atoms with Gasteiger partial charge in [-0.25, -0.2) is 5.84 Å². The molecule has 1 heterocycles. The Kier molecular flexibility index (Phi) is 3.61. The fourth-order valence-corrected chi connectivity index (χ4v) is 1.97. The first-order chi connectivity index (χ1) is 8.20. The summed E-state index contributed by atoms with van der Waals surface area (Å²) in [4.78, 5) is 15.9. The molecule has 17 heavy (non-hydrogen) atoms. The molecule has 0 radical (unpaired) electrons. The second-order valence-corrected chi connectivity index (χ2v) is 4.31. The van der Waals surface area contributed by atoms with Crippen molar-refractivity contribution < 1.29 is 4.79 Å². The van der Waals surface area contributed by atoms with E-state index in [0.717, 1.165) is 31.9 Å². The van der Waals surface area contributed by atoms with E-state index in [9.17, 15) is 4.79 Å². The highest BCUT2D eigenvalue weighted by molar-refractivity contribution is 5.94. The Labute approximate surface area is 101 Å². The van der Waals surface area contributed by atoms with Crippen LogP contribution in [0, 0.1) is 0 Å². The van der Waals surface area contributed by atoms with Gasteiger partial charge >= 0.3 is 0 Å². The zero-order valence-electron chi connectivity index (χ0n) is 10.0. The second-order valence-electron chi connectivity index (χ2n) is 4.31. The van der Waals surface area contributed by atoms with Gasteiger partial charge < -0.3 is 9.80 Å². The molecule has 0 unspecified atom stereocenters. The maximum Gasteiger partial charge on any atom is 0.265 e. The van der Waals surface area contributed by atoms with Gasteiger partial charge in [0.2, 0.25) is 0 Å². The van der Waals surface area contributed by atoms with Gasteiger partial charge in [-0.3, -0.25) is 10.2 Å². The number of nitrogens with one attached hydrogen (secondary N) is 1. The molecule has 5 nitrogen and oxygen atoms in total. The summed E-state index contributed by atoms with van der Waals surface area (Å²) in [6.07, 6.45) is 0. The number of anilines is 1. The summed E-state index contributed by atoms with van der Waals surface area (Å²) in [5.74, 6) is 4.83. The molecule has 1 amide bonds. The summed E-state index contributed by atoms with van der Waals surface area (Å²) in [5.41, 5.74) is 3.87.